The lowest BCUT2D eigenvalue weighted by Crippen LogP contribution is -2.29. The maximum absolute atomic E-state index is 11.9. The fraction of sp³-hybridized carbons (Fsp3) is 0.500. The second-order valence-electron chi connectivity index (χ2n) is 4.79. The molecular weight excluding hydrogens is 268 g/mol. The Balaban J connectivity index is 3.22. The van der Waals surface area contributed by atoms with Gasteiger partial charge >= 0.3 is 18.0 Å². The first-order chi connectivity index (χ1) is 9.19. The van der Waals surface area contributed by atoms with E-state index in [-0.39, 0.29) is 11.4 Å². The molecule has 0 fully saturated rings. The van der Waals surface area contributed by atoms with E-state index in [0.29, 0.717) is 4.68 Å². The van der Waals surface area contributed by atoms with Gasteiger partial charge in [0.15, 0.2) is 11.4 Å². The van der Waals surface area contributed by atoms with Crippen molar-refractivity contribution in [1.82, 2.24) is 9.78 Å². The van der Waals surface area contributed by atoms with E-state index < -0.39 is 23.6 Å². The molecule has 0 amide bonds. The van der Waals surface area contributed by atoms with Crippen LogP contribution in [-0.2, 0) is 14.2 Å². The molecule has 1 rings (SSSR count). The Kier molecular flexibility index (Phi) is 4.49. The van der Waals surface area contributed by atoms with Gasteiger partial charge in [-0.2, -0.15) is 9.78 Å². The maximum Gasteiger partial charge on any atom is 0.436 e. The number of methoxy groups -OCH3 is 2. The third-order valence-corrected chi connectivity index (χ3v) is 2.06. The van der Waals surface area contributed by atoms with Gasteiger partial charge in [-0.1, -0.05) is 0 Å². The van der Waals surface area contributed by atoms with Gasteiger partial charge in [-0.25, -0.2) is 14.4 Å². The zero-order valence-electron chi connectivity index (χ0n) is 11.9. The zero-order valence-corrected chi connectivity index (χ0v) is 11.9. The van der Waals surface area contributed by atoms with E-state index in [1.807, 2.05) is 0 Å². The molecule has 0 unspecified atom stereocenters. The highest BCUT2D eigenvalue weighted by Gasteiger charge is 2.27. The zero-order chi connectivity index (χ0) is 15.5. The molecule has 0 saturated heterocycles. The molecule has 0 radical (unpaired) electrons. The van der Waals surface area contributed by atoms with Crippen molar-refractivity contribution < 1.29 is 28.6 Å². The van der Waals surface area contributed by atoms with E-state index in [1.165, 1.54) is 0 Å². The number of hydrogen-bond acceptors (Lipinski definition) is 7. The minimum absolute atomic E-state index is 0.196. The SMILES string of the molecule is COC(=O)c1cc(C(=O)OC)n(C(=O)OC(C)(C)C)n1. The molecule has 1 aromatic heterocycles. The molecule has 8 heteroatoms. The fourth-order valence-electron chi connectivity index (χ4n) is 1.28. The van der Waals surface area contributed by atoms with Gasteiger partial charge in [0.1, 0.15) is 5.60 Å². The Hall–Kier alpha value is -2.38. The highest BCUT2D eigenvalue weighted by molar-refractivity contribution is 5.95. The van der Waals surface area contributed by atoms with Gasteiger partial charge in [0.05, 0.1) is 14.2 Å². The first kappa shape index (κ1) is 15.7. The van der Waals surface area contributed by atoms with Gasteiger partial charge in [-0.05, 0) is 20.8 Å². The molecule has 0 saturated carbocycles. The summed E-state index contributed by atoms with van der Waals surface area (Å²) in [6.07, 6.45) is -0.895. The van der Waals surface area contributed by atoms with E-state index in [4.69, 9.17) is 4.74 Å². The quantitative estimate of drug-likeness (QED) is 0.595. The molecule has 1 heterocycles. The van der Waals surface area contributed by atoms with Gasteiger partial charge in [0, 0.05) is 6.07 Å². The molecular formula is C12H16N2O6. The number of rotatable bonds is 2. The van der Waals surface area contributed by atoms with E-state index in [2.05, 4.69) is 14.6 Å². The number of carbonyl (C=O) groups excluding carboxylic acids is 3. The Bertz CT molecular complexity index is 541. The van der Waals surface area contributed by atoms with Crippen LogP contribution in [0.1, 0.15) is 41.7 Å². The van der Waals surface area contributed by atoms with Crippen LogP contribution < -0.4 is 0 Å². The van der Waals surface area contributed by atoms with E-state index in [0.717, 1.165) is 20.3 Å². The highest BCUT2D eigenvalue weighted by Crippen LogP contribution is 2.13. The molecule has 1 aromatic rings. The van der Waals surface area contributed by atoms with Gasteiger partial charge in [0.2, 0.25) is 0 Å². The van der Waals surface area contributed by atoms with Gasteiger partial charge in [-0.3, -0.25) is 0 Å². The number of aromatic nitrogens is 2. The van der Waals surface area contributed by atoms with Gasteiger partial charge in [0.25, 0.3) is 0 Å². The second-order valence-corrected chi connectivity index (χ2v) is 4.79. The van der Waals surface area contributed by atoms with E-state index in [1.54, 1.807) is 20.8 Å². The average molecular weight is 284 g/mol. The van der Waals surface area contributed by atoms with Crippen molar-refractivity contribution in [3.63, 3.8) is 0 Å². The molecule has 0 aliphatic rings. The number of hydrogen-bond donors (Lipinski definition) is 0. The van der Waals surface area contributed by atoms with Crippen molar-refractivity contribution in [2.24, 2.45) is 0 Å². The monoisotopic (exact) mass is 284 g/mol. The smallest absolute Gasteiger partial charge is 0.436 e. The van der Waals surface area contributed by atoms with Crippen LogP contribution in [0.4, 0.5) is 4.79 Å². The van der Waals surface area contributed by atoms with Crippen molar-refractivity contribution in [3.05, 3.63) is 17.5 Å². The van der Waals surface area contributed by atoms with Crippen LogP contribution in [0.25, 0.3) is 0 Å². The molecule has 0 aliphatic carbocycles. The molecule has 110 valence electrons. The predicted octanol–water partition coefficient (Wildman–Crippen LogP) is 1.24. The van der Waals surface area contributed by atoms with Crippen LogP contribution in [0.2, 0.25) is 0 Å². The lowest BCUT2D eigenvalue weighted by molar-refractivity contribution is 0.0461. The summed E-state index contributed by atoms with van der Waals surface area (Å²) in [6, 6.07) is 1.10. The van der Waals surface area contributed by atoms with Crippen LogP contribution in [-0.4, -0.2) is 47.6 Å². The van der Waals surface area contributed by atoms with Crippen molar-refractivity contribution in [2.45, 2.75) is 26.4 Å². The second kappa shape index (κ2) is 5.72. The van der Waals surface area contributed by atoms with E-state index >= 15 is 0 Å². The topological polar surface area (TPSA) is 96.7 Å². The summed E-state index contributed by atoms with van der Waals surface area (Å²) in [7, 11) is 2.30. The predicted molar refractivity (Wildman–Crippen MR) is 66.5 cm³/mol. The molecule has 0 spiro atoms. The molecule has 0 atom stereocenters. The summed E-state index contributed by atoms with van der Waals surface area (Å²) in [4.78, 5) is 34.9. The fourth-order valence-corrected chi connectivity index (χ4v) is 1.28. The minimum Gasteiger partial charge on any atom is -0.464 e. The molecule has 0 bridgehead atoms. The highest BCUT2D eigenvalue weighted by atomic mass is 16.6. The largest absolute Gasteiger partial charge is 0.464 e. The summed E-state index contributed by atoms with van der Waals surface area (Å²) in [5.74, 6) is -1.60. The summed E-state index contributed by atoms with van der Waals surface area (Å²) in [5, 5.41) is 3.70. The maximum atomic E-state index is 11.9. The average Bonchev–Trinajstić information content (AvgIpc) is 2.79. The third kappa shape index (κ3) is 3.56. The Morgan fingerprint density at radius 2 is 1.65 bits per heavy atom. The Labute approximate surface area is 115 Å². The Morgan fingerprint density at radius 1 is 1.10 bits per heavy atom. The molecule has 20 heavy (non-hydrogen) atoms. The first-order valence-corrected chi connectivity index (χ1v) is 5.69. The van der Waals surface area contributed by atoms with Crippen molar-refractivity contribution in [2.75, 3.05) is 14.2 Å². The number of esters is 2. The number of ether oxygens (including phenoxy) is 3. The summed E-state index contributed by atoms with van der Waals surface area (Å²) in [6.45, 7) is 4.98. The molecule has 0 aromatic carbocycles. The van der Waals surface area contributed by atoms with Crippen LogP contribution in [0, 0.1) is 0 Å². The van der Waals surface area contributed by atoms with Crippen molar-refractivity contribution in [1.29, 1.82) is 0 Å². The van der Waals surface area contributed by atoms with E-state index in [9.17, 15) is 14.4 Å². The summed E-state index contributed by atoms with van der Waals surface area (Å²) < 4.78 is 14.8. The van der Waals surface area contributed by atoms with Gasteiger partial charge in [-0.15, -0.1) is 0 Å². The number of carbonyl (C=O) groups is 3. The van der Waals surface area contributed by atoms with Crippen LogP contribution >= 0.6 is 0 Å². The first-order valence-electron chi connectivity index (χ1n) is 5.69. The van der Waals surface area contributed by atoms with Crippen LogP contribution in [0.5, 0.6) is 0 Å². The van der Waals surface area contributed by atoms with Crippen LogP contribution in [0.15, 0.2) is 6.07 Å². The molecule has 8 nitrogen and oxygen atoms in total. The summed E-state index contributed by atoms with van der Waals surface area (Å²) in [5.41, 5.74) is -1.19. The number of nitrogens with zero attached hydrogens (tertiary/aromatic N) is 2. The Morgan fingerprint density at radius 3 is 2.10 bits per heavy atom. The van der Waals surface area contributed by atoms with Crippen molar-refractivity contribution in [3.8, 4) is 0 Å². The standard InChI is InChI=1S/C12H16N2O6/c1-12(2,3)20-11(17)14-8(10(16)19-5)6-7(13-14)9(15)18-4/h6H,1-5H3. The lowest BCUT2D eigenvalue weighted by atomic mass is 10.2. The molecule has 0 aliphatic heterocycles. The van der Waals surface area contributed by atoms with Gasteiger partial charge < -0.3 is 14.2 Å². The van der Waals surface area contributed by atoms with Crippen molar-refractivity contribution >= 4 is 18.0 Å². The van der Waals surface area contributed by atoms with Crippen LogP contribution in [0.3, 0.4) is 0 Å². The third-order valence-electron chi connectivity index (χ3n) is 2.06. The summed E-state index contributed by atoms with van der Waals surface area (Å²) >= 11 is 0. The normalized spacial score (nSPS) is 10.8. The lowest BCUT2D eigenvalue weighted by Gasteiger charge is -2.19. The minimum atomic E-state index is -0.895. The molecule has 0 N–H and O–H groups in total.